The predicted octanol–water partition coefficient (Wildman–Crippen LogP) is 2.25. The number of nitrogens with zero attached hydrogens (tertiary/aromatic N) is 3. The van der Waals surface area contributed by atoms with Gasteiger partial charge < -0.3 is 14.7 Å². The Morgan fingerprint density at radius 2 is 2.20 bits per heavy atom. The molecule has 2 fully saturated rings. The van der Waals surface area contributed by atoms with E-state index in [0.717, 1.165) is 12.1 Å². The summed E-state index contributed by atoms with van der Waals surface area (Å²) >= 11 is 0. The van der Waals surface area contributed by atoms with Crippen molar-refractivity contribution in [2.75, 3.05) is 19.7 Å². The van der Waals surface area contributed by atoms with E-state index >= 15 is 0 Å². The van der Waals surface area contributed by atoms with Crippen molar-refractivity contribution in [2.45, 2.75) is 52.2 Å². The van der Waals surface area contributed by atoms with E-state index in [1.54, 1.807) is 18.0 Å². The molecule has 25 heavy (non-hydrogen) atoms. The van der Waals surface area contributed by atoms with Crippen molar-refractivity contribution >= 4 is 11.9 Å². The zero-order valence-corrected chi connectivity index (χ0v) is 15.1. The molecule has 2 aliphatic rings. The first kappa shape index (κ1) is 17.9. The SMILES string of the molecule is CC(C)n1nccc1[C@@H]1OCC[C@H]1C(=O)N1CCCC(C)(C(=O)O)C1. The van der Waals surface area contributed by atoms with Gasteiger partial charge in [0.25, 0.3) is 0 Å². The van der Waals surface area contributed by atoms with Gasteiger partial charge in [-0.25, -0.2) is 0 Å². The highest BCUT2D eigenvalue weighted by molar-refractivity contribution is 5.82. The average Bonchev–Trinajstić information content (AvgIpc) is 3.22. The van der Waals surface area contributed by atoms with E-state index in [-0.39, 0.29) is 30.5 Å². The van der Waals surface area contributed by atoms with Gasteiger partial charge in [-0.3, -0.25) is 14.3 Å². The van der Waals surface area contributed by atoms with Crippen molar-refractivity contribution in [2.24, 2.45) is 11.3 Å². The summed E-state index contributed by atoms with van der Waals surface area (Å²) in [6, 6.07) is 2.10. The molecule has 1 unspecified atom stereocenters. The minimum Gasteiger partial charge on any atom is -0.481 e. The Morgan fingerprint density at radius 1 is 1.44 bits per heavy atom. The molecule has 3 atom stereocenters. The summed E-state index contributed by atoms with van der Waals surface area (Å²) in [5, 5.41) is 13.8. The van der Waals surface area contributed by atoms with E-state index in [0.29, 0.717) is 26.0 Å². The van der Waals surface area contributed by atoms with Gasteiger partial charge in [-0.15, -0.1) is 0 Å². The first-order chi connectivity index (χ1) is 11.8. The summed E-state index contributed by atoms with van der Waals surface area (Å²) in [6.45, 7) is 7.25. The van der Waals surface area contributed by atoms with Crippen LogP contribution in [0.5, 0.6) is 0 Å². The number of ether oxygens (including phenoxy) is 1. The molecule has 3 rings (SSSR count). The number of amides is 1. The number of aliphatic carboxylic acids is 1. The topological polar surface area (TPSA) is 84.7 Å². The van der Waals surface area contributed by atoms with E-state index in [1.807, 2.05) is 24.6 Å². The molecular formula is C18H27N3O4. The molecule has 2 aliphatic heterocycles. The minimum atomic E-state index is -0.859. The number of rotatable bonds is 4. The normalized spacial score (nSPS) is 30.0. The van der Waals surface area contributed by atoms with Crippen molar-refractivity contribution in [1.29, 1.82) is 0 Å². The van der Waals surface area contributed by atoms with Crippen LogP contribution in [-0.2, 0) is 14.3 Å². The Labute approximate surface area is 147 Å². The van der Waals surface area contributed by atoms with Crippen molar-refractivity contribution in [3.05, 3.63) is 18.0 Å². The number of likely N-dealkylation sites (tertiary alicyclic amines) is 1. The maximum Gasteiger partial charge on any atom is 0.311 e. The standard InChI is InChI=1S/C18H27N3O4/c1-12(2)21-14(5-8-19-21)15-13(6-10-25-15)16(22)20-9-4-7-18(3,11-20)17(23)24/h5,8,12-13,15H,4,6-7,9-11H2,1-3H3,(H,23,24)/t13-,15-,18?/m1/s1. The third-order valence-electron chi connectivity index (χ3n) is 5.41. The molecule has 0 spiro atoms. The number of piperidine rings is 1. The lowest BCUT2D eigenvalue weighted by Gasteiger charge is -2.39. The van der Waals surface area contributed by atoms with Gasteiger partial charge in [-0.2, -0.15) is 5.10 Å². The van der Waals surface area contributed by atoms with Crippen LogP contribution in [0.4, 0.5) is 0 Å². The lowest BCUT2D eigenvalue weighted by atomic mass is 9.81. The van der Waals surface area contributed by atoms with E-state index in [2.05, 4.69) is 5.10 Å². The molecule has 0 aliphatic carbocycles. The van der Waals surface area contributed by atoms with Gasteiger partial charge in [0.1, 0.15) is 6.10 Å². The second-order valence-corrected chi connectivity index (χ2v) is 7.71. The third-order valence-corrected chi connectivity index (χ3v) is 5.41. The zero-order chi connectivity index (χ0) is 18.2. The van der Waals surface area contributed by atoms with Crippen LogP contribution in [-0.4, -0.2) is 51.4 Å². The van der Waals surface area contributed by atoms with Crippen LogP contribution in [0.2, 0.25) is 0 Å². The Bertz CT molecular complexity index is 657. The van der Waals surface area contributed by atoms with Gasteiger partial charge in [0.2, 0.25) is 5.91 Å². The van der Waals surface area contributed by atoms with Crippen LogP contribution in [0.1, 0.15) is 57.9 Å². The van der Waals surface area contributed by atoms with Gasteiger partial charge in [0, 0.05) is 31.9 Å². The highest BCUT2D eigenvalue weighted by Gasteiger charge is 2.44. The van der Waals surface area contributed by atoms with Crippen molar-refractivity contribution in [3.63, 3.8) is 0 Å². The lowest BCUT2D eigenvalue weighted by molar-refractivity contribution is -0.155. The maximum atomic E-state index is 13.1. The third kappa shape index (κ3) is 3.29. The monoisotopic (exact) mass is 349 g/mol. The molecule has 0 saturated carbocycles. The molecule has 0 aromatic carbocycles. The molecule has 7 nitrogen and oxygen atoms in total. The van der Waals surface area contributed by atoms with Crippen LogP contribution < -0.4 is 0 Å². The Kier molecular flexibility index (Phi) is 4.86. The lowest BCUT2D eigenvalue weighted by Crippen LogP contribution is -2.50. The minimum absolute atomic E-state index is 0.00572. The van der Waals surface area contributed by atoms with E-state index in [4.69, 9.17) is 4.74 Å². The number of carbonyl (C=O) groups excluding carboxylic acids is 1. The molecule has 0 bridgehead atoms. The van der Waals surface area contributed by atoms with Crippen LogP contribution in [0.25, 0.3) is 0 Å². The number of aromatic nitrogens is 2. The van der Waals surface area contributed by atoms with Crippen molar-refractivity contribution in [1.82, 2.24) is 14.7 Å². The molecule has 1 N–H and O–H groups in total. The fraction of sp³-hybridized carbons (Fsp3) is 0.722. The van der Waals surface area contributed by atoms with Gasteiger partial charge in [-0.05, 0) is 46.1 Å². The molecule has 1 aromatic rings. The smallest absolute Gasteiger partial charge is 0.311 e. The van der Waals surface area contributed by atoms with Crippen LogP contribution >= 0.6 is 0 Å². The fourth-order valence-corrected chi connectivity index (χ4v) is 3.95. The molecule has 3 heterocycles. The summed E-state index contributed by atoms with van der Waals surface area (Å²) in [6.07, 6.45) is 3.41. The van der Waals surface area contributed by atoms with Gasteiger partial charge >= 0.3 is 5.97 Å². The largest absolute Gasteiger partial charge is 0.481 e. The number of carboxylic acid groups (broad SMARTS) is 1. The summed E-state index contributed by atoms with van der Waals surface area (Å²) < 4.78 is 7.78. The quantitative estimate of drug-likeness (QED) is 0.901. The molecule has 0 radical (unpaired) electrons. The van der Waals surface area contributed by atoms with E-state index in [9.17, 15) is 14.7 Å². The second-order valence-electron chi connectivity index (χ2n) is 7.71. The summed E-state index contributed by atoms with van der Waals surface area (Å²) in [5.41, 5.74) is 0.0617. The number of carbonyl (C=O) groups is 2. The van der Waals surface area contributed by atoms with Crippen LogP contribution in [0.3, 0.4) is 0 Å². The average molecular weight is 349 g/mol. The highest BCUT2D eigenvalue weighted by atomic mass is 16.5. The number of hydrogen-bond donors (Lipinski definition) is 1. The Hall–Kier alpha value is -1.89. The first-order valence-corrected chi connectivity index (χ1v) is 9.01. The van der Waals surface area contributed by atoms with Gasteiger partial charge in [0.05, 0.1) is 17.0 Å². The van der Waals surface area contributed by atoms with E-state index in [1.165, 1.54) is 0 Å². The maximum absolute atomic E-state index is 13.1. The zero-order valence-electron chi connectivity index (χ0n) is 15.1. The van der Waals surface area contributed by atoms with Crippen molar-refractivity contribution < 1.29 is 19.4 Å². The Morgan fingerprint density at radius 3 is 2.88 bits per heavy atom. The predicted molar refractivity (Wildman–Crippen MR) is 91.0 cm³/mol. The van der Waals surface area contributed by atoms with Crippen molar-refractivity contribution in [3.8, 4) is 0 Å². The summed E-state index contributed by atoms with van der Waals surface area (Å²) in [7, 11) is 0. The highest BCUT2D eigenvalue weighted by Crippen LogP contribution is 2.38. The fourth-order valence-electron chi connectivity index (χ4n) is 3.95. The molecule has 1 aromatic heterocycles. The van der Waals surface area contributed by atoms with Gasteiger partial charge in [-0.1, -0.05) is 0 Å². The first-order valence-electron chi connectivity index (χ1n) is 9.01. The number of hydrogen-bond acceptors (Lipinski definition) is 4. The second kappa shape index (κ2) is 6.78. The van der Waals surface area contributed by atoms with E-state index < -0.39 is 11.4 Å². The van der Waals surface area contributed by atoms with Gasteiger partial charge in [0.15, 0.2) is 0 Å². The molecule has 7 heteroatoms. The number of carboxylic acids is 1. The Balaban J connectivity index is 1.79. The molecule has 2 saturated heterocycles. The molecule has 1 amide bonds. The molecular weight excluding hydrogens is 322 g/mol. The summed E-state index contributed by atoms with van der Waals surface area (Å²) in [4.78, 5) is 26.4. The van der Waals surface area contributed by atoms with Crippen LogP contribution in [0.15, 0.2) is 12.3 Å². The van der Waals surface area contributed by atoms with Crippen LogP contribution in [0, 0.1) is 11.3 Å². The summed E-state index contributed by atoms with van der Waals surface area (Å²) in [5.74, 6) is -1.10. The molecule has 138 valence electrons.